The standard InChI is InChI=1S/C21H19N5O3/c1-14-6-5-9-18(26(28)29)20(14)24-21(27)16-11-25(12-16)19-10-17(22-13-23-19)15-7-3-2-4-8-15/h2-10,13,16H,11-12H2,1H3,(H,24,27). The van der Waals surface area contributed by atoms with Crippen LogP contribution in [0.2, 0.25) is 0 Å². The number of nitro benzene ring substituents is 1. The summed E-state index contributed by atoms with van der Waals surface area (Å²) in [6.07, 6.45) is 1.52. The molecule has 146 valence electrons. The third kappa shape index (κ3) is 3.77. The summed E-state index contributed by atoms with van der Waals surface area (Å²) in [5.74, 6) is 0.269. The van der Waals surface area contributed by atoms with Crippen LogP contribution in [0.1, 0.15) is 5.56 Å². The summed E-state index contributed by atoms with van der Waals surface area (Å²) in [5.41, 5.74) is 2.64. The first-order valence-corrected chi connectivity index (χ1v) is 9.20. The lowest BCUT2D eigenvalue weighted by molar-refractivity contribution is -0.384. The van der Waals surface area contributed by atoms with E-state index in [9.17, 15) is 14.9 Å². The van der Waals surface area contributed by atoms with Crippen LogP contribution in [0.4, 0.5) is 17.2 Å². The predicted octanol–water partition coefficient (Wildman–Crippen LogP) is 3.44. The Morgan fingerprint density at radius 2 is 1.90 bits per heavy atom. The third-order valence-corrected chi connectivity index (χ3v) is 4.99. The van der Waals surface area contributed by atoms with E-state index in [1.165, 1.54) is 12.4 Å². The molecule has 0 spiro atoms. The molecule has 0 bridgehead atoms. The minimum Gasteiger partial charge on any atom is -0.355 e. The topological polar surface area (TPSA) is 101 Å². The zero-order chi connectivity index (χ0) is 20.4. The molecule has 29 heavy (non-hydrogen) atoms. The van der Waals surface area contributed by atoms with Crippen LogP contribution in [0, 0.1) is 23.0 Å². The lowest BCUT2D eigenvalue weighted by Crippen LogP contribution is -2.52. The zero-order valence-electron chi connectivity index (χ0n) is 15.8. The van der Waals surface area contributed by atoms with Gasteiger partial charge in [0.15, 0.2) is 0 Å². The van der Waals surface area contributed by atoms with Gasteiger partial charge in [-0.1, -0.05) is 42.5 Å². The second-order valence-electron chi connectivity index (χ2n) is 6.94. The van der Waals surface area contributed by atoms with Gasteiger partial charge in [0.25, 0.3) is 5.69 Å². The van der Waals surface area contributed by atoms with E-state index in [0.29, 0.717) is 18.7 Å². The SMILES string of the molecule is Cc1cccc([N+](=O)[O-])c1NC(=O)C1CN(c2cc(-c3ccccc3)ncn2)C1. The van der Waals surface area contributed by atoms with Crippen molar-refractivity contribution in [2.75, 3.05) is 23.3 Å². The highest BCUT2D eigenvalue weighted by Gasteiger charge is 2.34. The number of nitrogens with one attached hydrogen (secondary N) is 1. The first-order chi connectivity index (χ1) is 14.0. The molecule has 0 radical (unpaired) electrons. The van der Waals surface area contributed by atoms with Gasteiger partial charge in [0.2, 0.25) is 5.91 Å². The van der Waals surface area contributed by atoms with Gasteiger partial charge in [0.05, 0.1) is 16.5 Å². The predicted molar refractivity (Wildman–Crippen MR) is 110 cm³/mol. The van der Waals surface area contributed by atoms with Gasteiger partial charge in [0, 0.05) is 30.8 Å². The fourth-order valence-electron chi connectivity index (χ4n) is 3.31. The maximum Gasteiger partial charge on any atom is 0.293 e. The molecule has 1 fully saturated rings. The van der Waals surface area contributed by atoms with Gasteiger partial charge in [-0.15, -0.1) is 0 Å². The number of nitro groups is 1. The molecule has 1 amide bonds. The van der Waals surface area contributed by atoms with Gasteiger partial charge in [-0.25, -0.2) is 9.97 Å². The third-order valence-electron chi connectivity index (χ3n) is 4.99. The average molecular weight is 389 g/mol. The number of carbonyl (C=O) groups is 1. The number of amides is 1. The first-order valence-electron chi connectivity index (χ1n) is 9.20. The van der Waals surface area contributed by atoms with Gasteiger partial charge in [0.1, 0.15) is 17.8 Å². The fourth-order valence-corrected chi connectivity index (χ4v) is 3.31. The van der Waals surface area contributed by atoms with Crippen LogP contribution < -0.4 is 10.2 Å². The molecule has 1 aliphatic rings. The van der Waals surface area contributed by atoms with Gasteiger partial charge >= 0.3 is 0 Å². The largest absolute Gasteiger partial charge is 0.355 e. The number of anilines is 2. The quantitative estimate of drug-likeness (QED) is 0.530. The summed E-state index contributed by atoms with van der Waals surface area (Å²) in [7, 11) is 0. The molecule has 1 N–H and O–H groups in total. The Bertz CT molecular complexity index is 1060. The molecule has 1 aromatic heterocycles. The van der Waals surface area contributed by atoms with Crippen LogP contribution in [0.15, 0.2) is 60.9 Å². The van der Waals surface area contributed by atoms with E-state index in [-0.39, 0.29) is 23.2 Å². The van der Waals surface area contributed by atoms with E-state index in [2.05, 4.69) is 15.3 Å². The molecule has 2 aromatic carbocycles. The molecule has 3 aromatic rings. The van der Waals surface area contributed by atoms with Crippen molar-refractivity contribution in [1.29, 1.82) is 0 Å². The summed E-state index contributed by atoms with van der Waals surface area (Å²) in [5, 5.41) is 14.0. The lowest BCUT2D eigenvalue weighted by Gasteiger charge is -2.39. The molecular formula is C21H19N5O3. The molecule has 0 saturated carbocycles. The minimum absolute atomic E-state index is 0.0992. The Labute approximate surface area is 167 Å². The Kier molecular flexibility index (Phi) is 4.90. The van der Waals surface area contributed by atoms with Crippen molar-refractivity contribution in [2.45, 2.75) is 6.92 Å². The number of aromatic nitrogens is 2. The van der Waals surface area contributed by atoms with Crippen molar-refractivity contribution in [2.24, 2.45) is 5.92 Å². The zero-order valence-corrected chi connectivity index (χ0v) is 15.8. The van der Waals surface area contributed by atoms with Crippen molar-refractivity contribution >= 4 is 23.1 Å². The molecule has 2 heterocycles. The number of benzene rings is 2. The van der Waals surface area contributed by atoms with Crippen LogP contribution in [0.3, 0.4) is 0 Å². The smallest absolute Gasteiger partial charge is 0.293 e. The summed E-state index contributed by atoms with van der Waals surface area (Å²) < 4.78 is 0. The highest BCUT2D eigenvalue weighted by atomic mass is 16.6. The van der Waals surface area contributed by atoms with Gasteiger partial charge < -0.3 is 10.2 Å². The summed E-state index contributed by atoms with van der Waals surface area (Å²) in [6, 6.07) is 16.4. The highest BCUT2D eigenvalue weighted by Crippen LogP contribution is 2.30. The van der Waals surface area contributed by atoms with Crippen LogP contribution in [-0.2, 0) is 4.79 Å². The van der Waals surface area contributed by atoms with E-state index in [1.807, 2.05) is 41.3 Å². The molecule has 0 aliphatic carbocycles. The maximum atomic E-state index is 12.6. The number of hydrogen-bond acceptors (Lipinski definition) is 6. The molecule has 8 heteroatoms. The number of para-hydroxylation sites is 1. The number of nitrogens with zero attached hydrogens (tertiary/aromatic N) is 4. The molecule has 1 aliphatic heterocycles. The van der Waals surface area contributed by atoms with Crippen molar-refractivity contribution < 1.29 is 9.72 Å². The molecule has 1 saturated heterocycles. The second kappa shape index (κ2) is 7.67. The second-order valence-corrected chi connectivity index (χ2v) is 6.94. The lowest BCUT2D eigenvalue weighted by atomic mass is 9.98. The van der Waals surface area contributed by atoms with Crippen LogP contribution in [0.5, 0.6) is 0 Å². The van der Waals surface area contributed by atoms with Crippen molar-refractivity contribution in [3.8, 4) is 11.3 Å². The monoisotopic (exact) mass is 389 g/mol. The molecular weight excluding hydrogens is 370 g/mol. The van der Waals surface area contributed by atoms with Crippen molar-refractivity contribution in [3.05, 3.63) is 76.6 Å². The van der Waals surface area contributed by atoms with E-state index in [1.54, 1.807) is 19.1 Å². The Morgan fingerprint density at radius 3 is 2.62 bits per heavy atom. The van der Waals surface area contributed by atoms with E-state index in [4.69, 9.17) is 0 Å². The van der Waals surface area contributed by atoms with E-state index in [0.717, 1.165) is 17.1 Å². The Morgan fingerprint density at radius 1 is 1.14 bits per heavy atom. The molecule has 0 atom stereocenters. The molecule has 0 unspecified atom stereocenters. The van der Waals surface area contributed by atoms with Gasteiger partial charge in [-0.3, -0.25) is 14.9 Å². The maximum absolute atomic E-state index is 12.6. The minimum atomic E-state index is -0.484. The van der Waals surface area contributed by atoms with E-state index >= 15 is 0 Å². The number of hydrogen-bond donors (Lipinski definition) is 1. The average Bonchev–Trinajstić information content (AvgIpc) is 2.69. The van der Waals surface area contributed by atoms with Crippen LogP contribution in [-0.4, -0.2) is 33.9 Å². The number of carbonyl (C=O) groups excluding carboxylic acids is 1. The normalized spacial score (nSPS) is 13.6. The van der Waals surface area contributed by atoms with Crippen molar-refractivity contribution in [3.63, 3.8) is 0 Å². The van der Waals surface area contributed by atoms with E-state index < -0.39 is 4.92 Å². The summed E-state index contributed by atoms with van der Waals surface area (Å²) in [6.45, 7) is 2.73. The fraction of sp³-hybridized carbons (Fsp3) is 0.190. The highest BCUT2D eigenvalue weighted by molar-refractivity contribution is 5.97. The summed E-state index contributed by atoms with van der Waals surface area (Å²) in [4.78, 5) is 34.0. The van der Waals surface area contributed by atoms with Crippen LogP contribution >= 0.6 is 0 Å². The van der Waals surface area contributed by atoms with Crippen LogP contribution in [0.25, 0.3) is 11.3 Å². The molecule has 4 rings (SSSR count). The molecule has 8 nitrogen and oxygen atoms in total. The van der Waals surface area contributed by atoms with Gasteiger partial charge in [-0.05, 0) is 12.5 Å². The first kappa shape index (κ1) is 18.5. The Balaban J connectivity index is 1.43. The number of aryl methyl sites for hydroxylation is 1. The summed E-state index contributed by atoms with van der Waals surface area (Å²) >= 11 is 0. The van der Waals surface area contributed by atoms with Crippen molar-refractivity contribution in [1.82, 2.24) is 9.97 Å². The number of rotatable bonds is 5. The van der Waals surface area contributed by atoms with Gasteiger partial charge in [-0.2, -0.15) is 0 Å². The Hall–Kier alpha value is -3.81.